The van der Waals surface area contributed by atoms with Crippen LogP contribution in [0.15, 0.2) is 65.8 Å². The number of pyridine rings is 1. The third-order valence-electron chi connectivity index (χ3n) is 13.8. The van der Waals surface area contributed by atoms with E-state index in [9.17, 15) is 48.3 Å². The molecule has 0 spiro atoms. The van der Waals surface area contributed by atoms with Gasteiger partial charge in [-0.1, -0.05) is 43.7 Å². The lowest BCUT2D eigenvalue weighted by Gasteiger charge is -2.37. The summed E-state index contributed by atoms with van der Waals surface area (Å²) in [5, 5.41) is 27.7. The van der Waals surface area contributed by atoms with Crippen LogP contribution in [-0.2, 0) is 72.0 Å². The SMILES string of the molecule is CC[C@@]1(O)C(=O)OCC2=C1C=C1c3nc4cc(F)c(C)c5c4c(c3CN1C2)C(NC(=O)COCNC(=O)CNC(=O)[C@H](Cc1ccccc1)NC(=O)CNC(=O)CNC(=O)CCCCCN1C(=O)C=CC1=O)CC5. The fraction of sp³-hybridized carbons (Fsp3) is 0.423. The van der Waals surface area contributed by atoms with Crippen LogP contribution in [0.1, 0.15) is 85.0 Å². The number of cyclic esters (lactones) is 1. The van der Waals surface area contributed by atoms with E-state index in [0.29, 0.717) is 78.8 Å². The van der Waals surface area contributed by atoms with Crippen molar-refractivity contribution >= 4 is 69.8 Å². The van der Waals surface area contributed by atoms with Crippen LogP contribution in [0.5, 0.6) is 0 Å². The number of unbranched alkanes of at least 4 members (excludes halogenated alkanes) is 2. The third kappa shape index (κ3) is 11.7. The minimum atomic E-state index is -1.81. The van der Waals surface area contributed by atoms with Gasteiger partial charge in [-0.25, -0.2) is 14.2 Å². The molecule has 22 heteroatoms. The predicted octanol–water partition coefficient (Wildman–Crippen LogP) is 0.602. The Morgan fingerprint density at radius 1 is 0.892 bits per heavy atom. The Balaban J connectivity index is 0.792. The number of carbonyl (C=O) groups excluding carboxylic acids is 9. The van der Waals surface area contributed by atoms with Crippen LogP contribution in [0.4, 0.5) is 4.39 Å². The Hall–Kier alpha value is -7.85. The van der Waals surface area contributed by atoms with Crippen molar-refractivity contribution in [2.75, 3.05) is 52.7 Å². The molecule has 390 valence electrons. The topological polar surface area (TPSA) is 284 Å². The molecular weight excluding hydrogens is 962 g/mol. The molecule has 5 heterocycles. The van der Waals surface area contributed by atoms with Gasteiger partial charge in [0.05, 0.1) is 42.6 Å². The van der Waals surface area contributed by atoms with Crippen molar-refractivity contribution in [1.82, 2.24) is 46.7 Å². The molecule has 0 saturated heterocycles. The molecule has 1 unspecified atom stereocenters. The van der Waals surface area contributed by atoms with Crippen molar-refractivity contribution < 1.29 is 62.1 Å². The number of nitrogens with zero attached hydrogens (tertiary/aromatic N) is 3. The van der Waals surface area contributed by atoms with E-state index >= 15 is 4.39 Å². The van der Waals surface area contributed by atoms with E-state index in [4.69, 9.17) is 14.5 Å². The lowest BCUT2D eigenvalue weighted by Crippen LogP contribution is -2.52. The number of nitrogens with one attached hydrogen (secondary N) is 6. The van der Waals surface area contributed by atoms with Gasteiger partial charge >= 0.3 is 5.97 Å². The number of carbonyl (C=O) groups is 9. The van der Waals surface area contributed by atoms with Gasteiger partial charge in [0, 0.05) is 67.2 Å². The summed E-state index contributed by atoms with van der Waals surface area (Å²) in [7, 11) is 0. The Morgan fingerprint density at radius 3 is 2.36 bits per heavy atom. The summed E-state index contributed by atoms with van der Waals surface area (Å²) in [6, 6.07) is 8.54. The maximum absolute atomic E-state index is 15.4. The number of aryl methyl sites for hydroxylation is 1. The molecule has 3 aromatic rings. The van der Waals surface area contributed by atoms with Gasteiger partial charge in [0.1, 0.15) is 31.8 Å². The molecule has 4 aliphatic heterocycles. The minimum absolute atomic E-state index is 0.0457. The number of benzene rings is 2. The van der Waals surface area contributed by atoms with Crippen LogP contribution < -0.4 is 31.9 Å². The zero-order chi connectivity index (χ0) is 52.7. The molecule has 2 aromatic carbocycles. The highest BCUT2D eigenvalue weighted by molar-refractivity contribution is 6.12. The Labute approximate surface area is 424 Å². The summed E-state index contributed by atoms with van der Waals surface area (Å²) in [5.74, 6) is -5.41. The fourth-order valence-corrected chi connectivity index (χ4v) is 9.88. The molecule has 5 aliphatic rings. The number of ether oxygens (including phenoxy) is 2. The largest absolute Gasteiger partial charge is 0.459 e. The van der Waals surface area contributed by atoms with Crippen LogP contribution >= 0.6 is 0 Å². The molecule has 8 amide bonds. The van der Waals surface area contributed by atoms with Crippen molar-refractivity contribution in [3.05, 3.63) is 105 Å². The number of halogens is 1. The molecule has 0 fully saturated rings. The number of esters is 1. The number of fused-ring (bicyclic) bond motifs is 4. The van der Waals surface area contributed by atoms with Crippen molar-refractivity contribution in [2.24, 2.45) is 0 Å². The van der Waals surface area contributed by atoms with E-state index in [-0.39, 0.29) is 51.0 Å². The van der Waals surface area contributed by atoms with Crippen LogP contribution in [0, 0.1) is 12.7 Å². The smallest absolute Gasteiger partial charge is 0.343 e. The first-order valence-electron chi connectivity index (χ1n) is 24.6. The number of aromatic nitrogens is 1. The van der Waals surface area contributed by atoms with E-state index in [0.717, 1.165) is 32.5 Å². The lowest BCUT2D eigenvalue weighted by atomic mass is 9.81. The number of rotatable bonds is 22. The Bertz CT molecular complexity index is 2890. The van der Waals surface area contributed by atoms with E-state index in [1.165, 1.54) is 18.2 Å². The maximum Gasteiger partial charge on any atom is 0.343 e. The molecule has 21 nitrogen and oxygen atoms in total. The second kappa shape index (κ2) is 22.9. The first kappa shape index (κ1) is 52.5. The highest BCUT2D eigenvalue weighted by Gasteiger charge is 2.47. The highest BCUT2D eigenvalue weighted by Crippen LogP contribution is 2.48. The number of aliphatic hydroxyl groups is 1. The highest BCUT2D eigenvalue weighted by atomic mass is 19.1. The number of hydrogen-bond donors (Lipinski definition) is 7. The van der Waals surface area contributed by atoms with Crippen molar-refractivity contribution in [3.8, 4) is 0 Å². The third-order valence-corrected chi connectivity index (χ3v) is 13.8. The van der Waals surface area contributed by atoms with Crippen molar-refractivity contribution in [1.29, 1.82) is 0 Å². The summed E-state index contributed by atoms with van der Waals surface area (Å²) in [5.41, 5.74) is 4.77. The monoisotopic (exact) mass is 1020 g/mol. The van der Waals surface area contributed by atoms with Crippen LogP contribution in [0.2, 0.25) is 0 Å². The van der Waals surface area contributed by atoms with Gasteiger partial charge in [0.15, 0.2) is 5.60 Å². The van der Waals surface area contributed by atoms with Crippen LogP contribution in [-0.4, -0.2) is 137 Å². The van der Waals surface area contributed by atoms with Gasteiger partial charge in [-0.3, -0.25) is 43.3 Å². The second-order valence-corrected chi connectivity index (χ2v) is 18.7. The fourth-order valence-electron chi connectivity index (χ4n) is 9.88. The summed E-state index contributed by atoms with van der Waals surface area (Å²) in [6.45, 7) is 2.29. The van der Waals surface area contributed by atoms with Gasteiger partial charge < -0.3 is 51.4 Å². The second-order valence-electron chi connectivity index (χ2n) is 18.7. The first-order valence-corrected chi connectivity index (χ1v) is 24.6. The van der Waals surface area contributed by atoms with E-state index in [1.54, 1.807) is 50.3 Å². The standard InChI is InChI=1S/C52H58FN9O12/c1-3-52(72)34-19-39-49-33(25-61(39)24-31(34)26-74-51(52)71)48-36(14-13-32-29(2)35(53)20-37(60-49)47(32)48)58-44(67)27-73-28-57-42(65)22-56-50(70)38(18-30-10-6-4-7-11-30)59-43(66)23-55-41(64)21-54-40(63)12-8-5-9-17-62-45(68)15-16-46(62)69/h4,6-7,10-11,15-16,19-20,36,38,72H,3,5,8-9,12-14,17-18,21-28H2,1-2H3,(H,54,63)(H,55,64)(H,56,70)(H,57,65)(H,58,67)(H,59,66)/t36?,38-,52-/m0/s1. The van der Waals surface area contributed by atoms with Gasteiger partial charge in [-0.15, -0.1) is 0 Å². The number of hydrogen-bond acceptors (Lipinski definition) is 14. The summed E-state index contributed by atoms with van der Waals surface area (Å²) < 4.78 is 26.2. The van der Waals surface area contributed by atoms with Gasteiger partial charge in [-0.05, 0) is 72.9 Å². The predicted molar refractivity (Wildman–Crippen MR) is 262 cm³/mol. The molecule has 3 atom stereocenters. The zero-order valence-electron chi connectivity index (χ0n) is 41.0. The maximum atomic E-state index is 15.4. The minimum Gasteiger partial charge on any atom is -0.459 e. The molecular formula is C52H58FN9O12. The van der Waals surface area contributed by atoms with E-state index in [1.807, 2.05) is 0 Å². The van der Waals surface area contributed by atoms with Gasteiger partial charge in [0.25, 0.3) is 11.8 Å². The normalized spacial score (nSPS) is 18.7. The molecule has 0 bridgehead atoms. The summed E-state index contributed by atoms with van der Waals surface area (Å²) in [4.78, 5) is 121. The molecule has 1 aliphatic carbocycles. The molecule has 0 saturated carbocycles. The van der Waals surface area contributed by atoms with Crippen molar-refractivity contribution in [3.63, 3.8) is 0 Å². The Morgan fingerprint density at radius 2 is 1.61 bits per heavy atom. The number of imide groups is 1. The average molecular weight is 1020 g/mol. The molecule has 7 N–H and O–H groups in total. The first-order chi connectivity index (χ1) is 35.5. The van der Waals surface area contributed by atoms with Gasteiger partial charge in [-0.2, -0.15) is 0 Å². The molecule has 1 aromatic heterocycles. The van der Waals surface area contributed by atoms with E-state index in [2.05, 4.69) is 36.8 Å². The summed E-state index contributed by atoms with van der Waals surface area (Å²) >= 11 is 0. The quantitative estimate of drug-likeness (QED) is 0.0314. The van der Waals surface area contributed by atoms with E-state index < -0.39 is 91.2 Å². The Kier molecular flexibility index (Phi) is 16.3. The summed E-state index contributed by atoms with van der Waals surface area (Å²) in [6.07, 6.45) is 6.96. The number of amides is 8. The molecule has 74 heavy (non-hydrogen) atoms. The van der Waals surface area contributed by atoms with Crippen LogP contribution in [0.3, 0.4) is 0 Å². The average Bonchev–Trinajstić information content (AvgIpc) is 3.91. The zero-order valence-corrected chi connectivity index (χ0v) is 41.0. The van der Waals surface area contributed by atoms with Crippen LogP contribution in [0.25, 0.3) is 16.6 Å². The van der Waals surface area contributed by atoms with Gasteiger partial charge in [0.2, 0.25) is 35.4 Å². The van der Waals surface area contributed by atoms with Crippen molar-refractivity contribution in [2.45, 2.75) is 89.4 Å². The molecule has 0 radical (unpaired) electrons. The molecule has 8 rings (SSSR count). The lowest BCUT2D eigenvalue weighted by molar-refractivity contribution is -0.163.